The summed E-state index contributed by atoms with van der Waals surface area (Å²) < 4.78 is 31.9. The highest BCUT2D eigenvalue weighted by Gasteiger charge is 2.31. The standard InChI is InChI=1S/C33H42ClN3O5S/c1-24(2)22-35-33(39)30(20-26-13-7-6-8-14-26)36(23-27-15-10-9-12-25(27)3)32(38)16-11-19-37(43(5,40)41)28-17-18-31(42-4)29(34)21-28/h6-10,12-15,17-18,21,24,30H,11,16,19-20,22-23H2,1-5H3,(H,35,39)/t30-/m1/s1. The van der Waals surface area contributed by atoms with Crippen LogP contribution >= 0.6 is 11.6 Å². The Bertz CT molecular complexity index is 1480. The minimum atomic E-state index is -3.67. The largest absolute Gasteiger partial charge is 0.495 e. The van der Waals surface area contributed by atoms with Crippen LogP contribution in [0.3, 0.4) is 0 Å². The first kappa shape index (κ1) is 33.9. The predicted octanol–water partition coefficient (Wildman–Crippen LogP) is 5.62. The third-order valence-electron chi connectivity index (χ3n) is 7.13. The Morgan fingerprint density at radius 1 is 1.00 bits per heavy atom. The second-order valence-corrected chi connectivity index (χ2v) is 13.4. The Hall–Kier alpha value is -3.56. The number of methoxy groups -OCH3 is 1. The third kappa shape index (κ3) is 10.0. The minimum absolute atomic E-state index is 0.0462. The number of aryl methyl sites for hydroxylation is 1. The molecule has 0 aliphatic heterocycles. The van der Waals surface area contributed by atoms with Crippen LogP contribution in [-0.4, -0.2) is 57.6 Å². The molecule has 0 aliphatic carbocycles. The van der Waals surface area contributed by atoms with Crippen LogP contribution in [0.1, 0.15) is 43.4 Å². The molecular weight excluding hydrogens is 586 g/mol. The van der Waals surface area contributed by atoms with E-state index in [1.165, 1.54) is 17.5 Å². The van der Waals surface area contributed by atoms with Crippen molar-refractivity contribution >= 4 is 39.1 Å². The van der Waals surface area contributed by atoms with Crippen LogP contribution < -0.4 is 14.4 Å². The van der Waals surface area contributed by atoms with E-state index in [-0.39, 0.29) is 48.7 Å². The molecule has 232 valence electrons. The Labute approximate surface area is 261 Å². The van der Waals surface area contributed by atoms with Crippen molar-refractivity contribution in [1.29, 1.82) is 0 Å². The van der Waals surface area contributed by atoms with Crippen LogP contribution in [0.25, 0.3) is 0 Å². The summed E-state index contributed by atoms with van der Waals surface area (Å²) in [6.45, 7) is 6.83. The van der Waals surface area contributed by atoms with Gasteiger partial charge in [0.1, 0.15) is 11.8 Å². The Kier molecular flexibility index (Phi) is 12.5. The first-order valence-corrected chi connectivity index (χ1v) is 16.6. The normalized spacial score (nSPS) is 12.1. The number of hydrogen-bond acceptors (Lipinski definition) is 5. The van der Waals surface area contributed by atoms with Gasteiger partial charge in [-0.15, -0.1) is 0 Å². The lowest BCUT2D eigenvalue weighted by Gasteiger charge is -2.32. The molecular formula is C33H42ClN3O5S. The number of carbonyl (C=O) groups excluding carboxylic acids is 2. The van der Waals surface area contributed by atoms with Gasteiger partial charge in [-0.25, -0.2) is 8.42 Å². The van der Waals surface area contributed by atoms with E-state index in [0.29, 0.717) is 24.4 Å². The van der Waals surface area contributed by atoms with Gasteiger partial charge in [0.05, 0.1) is 24.1 Å². The fraction of sp³-hybridized carbons (Fsp3) is 0.394. The maximum Gasteiger partial charge on any atom is 0.243 e. The molecule has 10 heteroatoms. The lowest BCUT2D eigenvalue weighted by Crippen LogP contribution is -2.51. The maximum atomic E-state index is 14.0. The molecule has 0 aromatic heterocycles. The molecule has 0 unspecified atom stereocenters. The van der Waals surface area contributed by atoms with Gasteiger partial charge in [0.25, 0.3) is 0 Å². The summed E-state index contributed by atoms with van der Waals surface area (Å²) >= 11 is 6.27. The number of benzene rings is 3. The van der Waals surface area contributed by atoms with Crippen molar-refractivity contribution in [2.24, 2.45) is 5.92 Å². The SMILES string of the molecule is COc1ccc(N(CCCC(=O)N(Cc2ccccc2C)[C@H](Cc2ccccc2)C(=O)NCC(C)C)S(C)(=O)=O)cc1Cl. The molecule has 1 atom stereocenters. The summed E-state index contributed by atoms with van der Waals surface area (Å²) in [5.41, 5.74) is 3.28. The van der Waals surface area contributed by atoms with Crippen LogP contribution in [0.5, 0.6) is 5.75 Å². The van der Waals surface area contributed by atoms with Crippen molar-refractivity contribution < 1.29 is 22.7 Å². The highest BCUT2D eigenvalue weighted by molar-refractivity contribution is 7.92. The van der Waals surface area contributed by atoms with Crippen LogP contribution in [0.2, 0.25) is 5.02 Å². The summed E-state index contributed by atoms with van der Waals surface area (Å²) in [6, 6.07) is 21.4. The Morgan fingerprint density at radius 2 is 1.67 bits per heavy atom. The van der Waals surface area contributed by atoms with Gasteiger partial charge < -0.3 is 15.0 Å². The molecule has 2 amide bonds. The van der Waals surface area contributed by atoms with E-state index < -0.39 is 16.1 Å². The summed E-state index contributed by atoms with van der Waals surface area (Å²) in [7, 11) is -2.18. The second kappa shape index (κ2) is 15.8. The van der Waals surface area contributed by atoms with Crippen molar-refractivity contribution in [3.8, 4) is 5.75 Å². The maximum absolute atomic E-state index is 14.0. The van der Waals surface area contributed by atoms with E-state index in [9.17, 15) is 18.0 Å². The van der Waals surface area contributed by atoms with Crippen molar-refractivity contribution in [2.45, 2.75) is 52.6 Å². The van der Waals surface area contributed by atoms with Gasteiger partial charge in [0, 0.05) is 32.5 Å². The smallest absolute Gasteiger partial charge is 0.243 e. The van der Waals surface area contributed by atoms with E-state index >= 15 is 0 Å². The van der Waals surface area contributed by atoms with Crippen molar-refractivity contribution in [1.82, 2.24) is 10.2 Å². The fourth-order valence-corrected chi connectivity index (χ4v) is 5.97. The number of amides is 2. The van der Waals surface area contributed by atoms with Gasteiger partial charge in [-0.1, -0.05) is 80.0 Å². The molecule has 0 bridgehead atoms. The van der Waals surface area contributed by atoms with Crippen LogP contribution in [-0.2, 0) is 32.6 Å². The number of nitrogens with zero attached hydrogens (tertiary/aromatic N) is 2. The molecule has 3 rings (SSSR count). The quantitative estimate of drug-likeness (QED) is 0.236. The van der Waals surface area contributed by atoms with E-state index in [0.717, 1.165) is 22.9 Å². The van der Waals surface area contributed by atoms with Gasteiger partial charge in [-0.3, -0.25) is 13.9 Å². The number of anilines is 1. The molecule has 43 heavy (non-hydrogen) atoms. The summed E-state index contributed by atoms with van der Waals surface area (Å²) in [5, 5.41) is 3.31. The van der Waals surface area contributed by atoms with E-state index in [4.69, 9.17) is 16.3 Å². The summed E-state index contributed by atoms with van der Waals surface area (Å²) in [6.07, 6.45) is 1.75. The van der Waals surface area contributed by atoms with Crippen molar-refractivity contribution in [3.63, 3.8) is 0 Å². The Balaban J connectivity index is 1.89. The first-order valence-electron chi connectivity index (χ1n) is 14.4. The zero-order valence-electron chi connectivity index (χ0n) is 25.5. The first-order chi connectivity index (χ1) is 20.4. The molecule has 1 N–H and O–H groups in total. The second-order valence-electron chi connectivity index (χ2n) is 11.1. The van der Waals surface area contributed by atoms with Crippen LogP contribution in [0.15, 0.2) is 72.8 Å². The summed E-state index contributed by atoms with van der Waals surface area (Å²) in [5.74, 6) is 0.228. The molecule has 3 aromatic rings. The van der Waals surface area contributed by atoms with Gasteiger partial charge in [-0.05, 0) is 54.2 Å². The highest BCUT2D eigenvalue weighted by atomic mass is 35.5. The number of rotatable bonds is 15. The topological polar surface area (TPSA) is 96.0 Å². The van der Waals surface area contributed by atoms with E-state index in [1.54, 1.807) is 17.0 Å². The number of halogens is 1. The molecule has 3 aromatic carbocycles. The number of hydrogen-bond donors (Lipinski definition) is 1. The predicted molar refractivity (Wildman–Crippen MR) is 173 cm³/mol. The average molecular weight is 628 g/mol. The lowest BCUT2D eigenvalue weighted by atomic mass is 10.0. The summed E-state index contributed by atoms with van der Waals surface area (Å²) in [4.78, 5) is 29.3. The molecule has 0 radical (unpaired) electrons. The molecule has 0 heterocycles. The van der Waals surface area contributed by atoms with Gasteiger partial charge in [0.2, 0.25) is 21.8 Å². The molecule has 0 saturated heterocycles. The number of sulfonamides is 1. The van der Waals surface area contributed by atoms with Gasteiger partial charge >= 0.3 is 0 Å². The minimum Gasteiger partial charge on any atom is -0.495 e. The highest BCUT2D eigenvalue weighted by Crippen LogP contribution is 2.30. The average Bonchev–Trinajstić information content (AvgIpc) is 2.96. The zero-order valence-corrected chi connectivity index (χ0v) is 27.1. The lowest BCUT2D eigenvalue weighted by molar-refractivity contribution is -0.141. The monoisotopic (exact) mass is 627 g/mol. The molecule has 0 saturated carbocycles. The Morgan fingerprint density at radius 3 is 2.28 bits per heavy atom. The number of ether oxygens (including phenoxy) is 1. The zero-order chi connectivity index (χ0) is 31.6. The van der Waals surface area contributed by atoms with E-state index in [2.05, 4.69) is 5.32 Å². The third-order valence-corrected chi connectivity index (χ3v) is 8.62. The number of nitrogens with one attached hydrogen (secondary N) is 1. The molecule has 0 spiro atoms. The molecule has 8 nitrogen and oxygen atoms in total. The van der Waals surface area contributed by atoms with Gasteiger partial charge in [0.15, 0.2) is 0 Å². The van der Waals surface area contributed by atoms with Crippen molar-refractivity contribution in [2.75, 3.05) is 30.8 Å². The van der Waals surface area contributed by atoms with Gasteiger partial charge in [-0.2, -0.15) is 0 Å². The van der Waals surface area contributed by atoms with Crippen molar-refractivity contribution in [3.05, 3.63) is 94.5 Å². The molecule has 0 aliphatic rings. The fourth-order valence-electron chi connectivity index (χ4n) is 4.76. The number of carbonyl (C=O) groups is 2. The van der Waals surface area contributed by atoms with E-state index in [1.807, 2.05) is 75.4 Å². The van der Waals surface area contributed by atoms with Crippen LogP contribution in [0.4, 0.5) is 5.69 Å². The molecule has 0 fully saturated rings. The van der Waals surface area contributed by atoms with Crippen LogP contribution in [0, 0.1) is 12.8 Å².